The molecule has 39 nitrogen and oxygen atoms in total. The van der Waals surface area contributed by atoms with Crippen molar-refractivity contribution in [1.82, 2.24) is 5.23 Å². The molecule has 2 aromatic carbocycles. The van der Waals surface area contributed by atoms with E-state index in [0.717, 1.165) is 0 Å². The molecular weight excluding hydrogens is 1570 g/mol. The molecule has 0 aromatic heterocycles. The number of esters is 2. The number of hydrogen-bond donors (Lipinski definition) is 10. The fourth-order valence-corrected chi connectivity index (χ4v) is 17.7. The fourth-order valence-electron chi connectivity index (χ4n) is 17.0. The first-order chi connectivity index (χ1) is 53.0. The van der Waals surface area contributed by atoms with E-state index in [2.05, 4.69) is 0 Å². The van der Waals surface area contributed by atoms with Crippen LogP contribution in [0.1, 0.15) is 99.6 Å². The number of aromatic hydroxyl groups is 3. The molecule has 112 heavy (non-hydrogen) atoms. The molecule has 11 aliphatic heterocycles. The van der Waals surface area contributed by atoms with E-state index < -0.39 is 254 Å². The molecule has 0 amide bonds. The van der Waals surface area contributed by atoms with Crippen molar-refractivity contribution in [3.63, 3.8) is 0 Å². The lowest BCUT2D eigenvalue weighted by Gasteiger charge is -2.50. The van der Waals surface area contributed by atoms with Crippen LogP contribution in [0.15, 0.2) is 6.07 Å². The number of ether oxygens (including phenoxy) is 26. The highest BCUT2D eigenvalue weighted by molar-refractivity contribution is 6.39. The summed E-state index contributed by atoms with van der Waals surface area (Å²) in [5, 5.41) is 112. The maximum atomic E-state index is 14.3. The topological polar surface area (TPSA) is 480 Å². The molecule has 11 fully saturated rings. The summed E-state index contributed by atoms with van der Waals surface area (Å²) in [7, 11) is 6.59. The number of phenols is 3. The summed E-state index contributed by atoms with van der Waals surface area (Å²) in [6, 6.07) is 1.19. The first-order valence-corrected chi connectivity index (χ1v) is 37.6. The number of nitrogens with zero attached hydrogens (tertiary/aromatic N) is 1. The molecule has 35 atom stereocenters. The van der Waals surface area contributed by atoms with E-state index in [4.69, 9.17) is 158 Å². The minimum atomic E-state index is -2.06. The smallest absolute Gasteiger partial charge is 0.342 e. The van der Waals surface area contributed by atoms with Crippen LogP contribution in [-0.2, 0) is 118 Å². The summed E-state index contributed by atoms with van der Waals surface area (Å²) in [5.41, 5.74) is -3.48. The predicted molar refractivity (Wildman–Crippen MR) is 366 cm³/mol. The van der Waals surface area contributed by atoms with Crippen molar-refractivity contribution in [2.24, 2.45) is 0 Å². The Labute approximate surface area is 656 Å². The van der Waals surface area contributed by atoms with E-state index in [1.165, 1.54) is 69.3 Å². The molecule has 0 saturated carbocycles. The molecule has 2 aromatic rings. The molecular formula is C70H98Cl3NO38. The van der Waals surface area contributed by atoms with Crippen molar-refractivity contribution in [2.75, 3.05) is 62.2 Å². The van der Waals surface area contributed by atoms with E-state index in [9.17, 15) is 60.9 Å². The lowest BCUT2D eigenvalue weighted by molar-refractivity contribution is -0.417. The van der Waals surface area contributed by atoms with Gasteiger partial charge in [-0.2, -0.15) is 0 Å². The third-order valence-corrected chi connectivity index (χ3v) is 23.8. The van der Waals surface area contributed by atoms with Crippen LogP contribution in [0.2, 0.25) is 15.1 Å². The minimum Gasteiger partial charge on any atom is -0.506 e. The van der Waals surface area contributed by atoms with Gasteiger partial charge in [-0.25, -0.2) is 9.59 Å². The molecule has 0 aliphatic carbocycles. The van der Waals surface area contributed by atoms with Gasteiger partial charge in [0.25, 0.3) is 5.97 Å². The molecule has 42 heteroatoms. The van der Waals surface area contributed by atoms with Crippen molar-refractivity contribution in [2.45, 2.75) is 295 Å². The minimum absolute atomic E-state index is 0.0305. The SMILES string of the molecule is COC[C@H]1O[C@@H](O[C@@H]2OC[C@@H]3O[C@@]4(OC[C@@H](OC(=O)c5c(C)cc(O)c(Cl)c5O)[C@@H]5OCO[C@H]54)O[C@H]3[C@H]2O)[C@@H](OC)[C@@H](O)[C@@H]1O[C@H]1O[C@@H](C)[C@@H](OC)[C@@H](O[C@@H]2O[C@H](C)[C@H]3O[C@]4(C[C@@H](O)[C@H](O[C@H]5C[C@@H](O[C@H]6C[C@](C)(N(O)O)[C@@H](OC)[C@H](C)O6)[C@H](OC(=O)c6c(C)c(Cl)c(O)c(Cl)c6OC)[C@@H](C)O5)[C@@H](C)O4)O[C@]3(C)[C@@H]2O)[C@@H]1O. The second-order valence-corrected chi connectivity index (χ2v) is 31.1. The van der Waals surface area contributed by atoms with Gasteiger partial charge in [-0.3, -0.25) is 10.4 Å². The molecule has 0 unspecified atom stereocenters. The van der Waals surface area contributed by atoms with Gasteiger partial charge in [-0.1, -0.05) is 40.0 Å². The van der Waals surface area contributed by atoms with Crippen molar-refractivity contribution in [1.29, 1.82) is 0 Å². The van der Waals surface area contributed by atoms with Gasteiger partial charge in [0.15, 0.2) is 73.3 Å². The monoisotopic (exact) mass is 1670 g/mol. The number of carbonyl (C=O) groups excluding carboxylic acids is 2. The van der Waals surface area contributed by atoms with Gasteiger partial charge in [0, 0.05) is 41.3 Å². The zero-order valence-corrected chi connectivity index (χ0v) is 65.7. The number of rotatable bonds is 21. The Kier molecular flexibility index (Phi) is 26.0. The van der Waals surface area contributed by atoms with Crippen LogP contribution < -0.4 is 4.74 Å². The largest absolute Gasteiger partial charge is 0.506 e. The normalized spacial score (nSPS) is 45.5. The van der Waals surface area contributed by atoms with E-state index in [1.807, 2.05) is 0 Å². The summed E-state index contributed by atoms with van der Waals surface area (Å²) >= 11 is 18.8. The summed E-state index contributed by atoms with van der Waals surface area (Å²) in [5.74, 6) is -7.96. The van der Waals surface area contributed by atoms with Crippen molar-refractivity contribution >= 4 is 46.7 Å². The fraction of sp³-hybridized carbons (Fsp3) is 0.800. The number of halogens is 3. The third-order valence-electron chi connectivity index (χ3n) is 22.6. The Balaban J connectivity index is 0.644. The molecule has 0 bridgehead atoms. The first-order valence-electron chi connectivity index (χ1n) is 36.5. The van der Waals surface area contributed by atoms with Gasteiger partial charge in [0.1, 0.15) is 143 Å². The average Bonchev–Trinajstić information content (AvgIpc) is 1.56. The predicted octanol–water partition coefficient (Wildman–Crippen LogP) is 1.72. The van der Waals surface area contributed by atoms with Gasteiger partial charge in [-0.15, -0.1) is 0 Å². The lowest BCUT2D eigenvalue weighted by atomic mass is 9.85. The van der Waals surface area contributed by atoms with E-state index in [1.54, 1.807) is 34.6 Å². The Morgan fingerprint density at radius 2 is 1.27 bits per heavy atom. The number of carbonyl (C=O) groups is 2. The molecule has 632 valence electrons. The van der Waals surface area contributed by atoms with Crippen LogP contribution in [0.3, 0.4) is 0 Å². The van der Waals surface area contributed by atoms with Crippen LogP contribution in [0.25, 0.3) is 0 Å². The Bertz CT molecular complexity index is 3660. The van der Waals surface area contributed by atoms with Crippen LogP contribution in [0, 0.1) is 13.8 Å². The van der Waals surface area contributed by atoms with Crippen LogP contribution in [0.5, 0.6) is 23.0 Å². The van der Waals surface area contributed by atoms with E-state index >= 15 is 0 Å². The quantitative estimate of drug-likeness (QED) is 0.0628. The van der Waals surface area contributed by atoms with Crippen LogP contribution in [-0.4, -0.2) is 344 Å². The second kappa shape index (κ2) is 33.8. The number of aliphatic hydroxyl groups is 5. The van der Waals surface area contributed by atoms with Crippen LogP contribution in [0.4, 0.5) is 0 Å². The van der Waals surface area contributed by atoms with Gasteiger partial charge >= 0.3 is 17.9 Å². The molecule has 10 N–H and O–H groups in total. The number of hydrogen-bond acceptors (Lipinski definition) is 39. The second-order valence-electron chi connectivity index (χ2n) is 30.0. The summed E-state index contributed by atoms with van der Waals surface area (Å²) in [6.45, 7) is 12.8. The zero-order chi connectivity index (χ0) is 81.0. The maximum Gasteiger partial charge on any atom is 0.342 e. The maximum absolute atomic E-state index is 14.3. The Morgan fingerprint density at radius 3 is 1.95 bits per heavy atom. The number of phenolic OH excluding ortho intramolecular Hbond substituents is 3. The standard InChI is InChI=1S/C70H98Cl3NO38/c1-23-15-30(75)41(72)43(77)38(23)61(83)101-34-21-95-70(60-53(34)93-22-94-60)109-35-20-92-63(46(80)52(35)110-70)107-65-56(90-13)45(79)51(33(102-65)19-87-10)105-64-47(81)55(50(88-11)26(4)98-64)106-66-57(82)68(9)59(29(7)99-66)111-69(112-68)17-31(76)48(27(5)108-69)103-36-16-32(100-37-18-67(8,74(85)86)58(91-14)28(6)97-37)49(25(3)96-36)104-62(84)39-24(2)40(71)44(78)42(73)54(39)89-12/h15,25-29,31-37,45-53,55-60,63-66,75-82,85-86H,16-22H2,1-14H3/t25-,26+,27-,28+,29-,31-,32-,33-,34-,35+,36+,37+,45+,46-,47+,48-,49-,50-,51-,52-,53+,55+,56+,57-,58+,59-,60-,63+,64-,65+,66+,67+,68-,69-,70-/m1/s1. The number of benzene rings is 2. The van der Waals surface area contributed by atoms with Crippen molar-refractivity contribution < 1.29 is 184 Å². The Morgan fingerprint density at radius 1 is 0.580 bits per heavy atom. The lowest BCUT2D eigenvalue weighted by Crippen LogP contribution is -2.68. The highest BCUT2D eigenvalue weighted by Gasteiger charge is 2.70. The van der Waals surface area contributed by atoms with Gasteiger partial charge in [-0.05, 0) is 79.5 Å². The van der Waals surface area contributed by atoms with Crippen molar-refractivity contribution in [3.8, 4) is 23.0 Å². The van der Waals surface area contributed by atoms with Gasteiger partial charge in [0.05, 0.1) is 75.0 Å². The number of hydroxylamine groups is 2. The highest BCUT2D eigenvalue weighted by Crippen LogP contribution is 2.53. The zero-order valence-electron chi connectivity index (χ0n) is 63.4. The first kappa shape index (κ1) is 86.1. The highest BCUT2D eigenvalue weighted by atomic mass is 35.5. The third kappa shape index (κ3) is 15.6. The number of aliphatic hydroxyl groups excluding tert-OH is 5. The molecule has 13 rings (SSSR count). The Hall–Kier alpha value is -3.79. The summed E-state index contributed by atoms with van der Waals surface area (Å²) in [6.07, 6.45) is -40.5. The van der Waals surface area contributed by atoms with Crippen LogP contribution >= 0.6 is 34.8 Å². The molecule has 11 heterocycles. The molecule has 2 spiro atoms. The molecule has 11 aliphatic rings. The molecule has 0 radical (unpaired) electrons. The number of methoxy groups -OCH3 is 5. The van der Waals surface area contributed by atoms with E-state index in [0.29, 0.717) is 0 Å². The van der Waals surface area contributed by atoms with Gasteiger partial charge in [0.2, 0.25) is 0 Å². The summed E-state index contributed by atoms with van der Waals surface area (Å²) < 4.78 is 160. The van der Waals surface area contributed by atoms with Crippen molar-refractivity contribution in [3.05, 3.63) is 43.4 Å². The molecule has 11 saturated heterocycles. The van der Waals surface area contributed by atoms with Gasteiger partial charge < -0.3 is 164 Å². The number of fused-ring (bicyclic) bond motifs is 4. The average molecular weight is 1670 g/mol. The summed E-state index contributed by atoms with van der Waals surface area (Å²) in [4.78, 5) is 27.7. The van der Waals surface area contributed by atoms with E-state index in [-0.39, 0.29) is 82.7 Å². The number of aryl methyl sites for hydroxylation is 1.